The summed E-state index contributed by atoms with van der Waals surface area (Å²) < 4.78 is 23.1. The van der Waals surface area contributed by atoms with E-state index in [1.54, 1.807) is 0 Å². The fourth-order valence-corrected chi connectivity index (χ4v) is 1.20. The molecule has 1 heterocycles. The summed E-state index contributed by atoms with van der Waals surface area (Å²) in [6.07, 6.45) is 0. The first-order chi connectivity index (χ1) is 6.70. The summed E-state index contributed by atoms with van der Waals surface area (Å²) in [5.74, 6) is -0.0812. The molecule has 74 valence electrons. The Morgan fingerprint density at radius 3 is 3.07 bits per heavy atom. The number of oxazole rings is 1. The molecule has 0 unspecified atom stereocenters. The Kier molecular flexibility index (Phi) is 2.09. The van der Waals surface area contributed by atoms with Crippen molar-refractivity contribution in [2.75, 3.05) is 12.8 Å². The van der Waals surface area contributed by atoms with Gasteiger partial charge in [-0.05, 0) is 0 Å². The zero-order valence-corrected chi connectivity index (χ0v) is 7.58. The molecule has 0 atom stereocenters. The summed E-state index contributed by atoms with van der Waals surface area (Å²) in [7, 11) is 1.53. The fourth-order valence-electron chi connectivity index (χ4n) is 1.20. The highest BCUT2D eigenvalue weighted by atomic mass is 19.1. The molecule has 2 aromatic rings. The number of methoxy groups -OCH3 is 1. The Bertz CT molecular complexity index is 428. The van der Waals surface area contributed by atoms with Crippen LogP contribution in [0.4, 0.5) is 10.1 Å². The van der Waals surface area contributed by atoms with Crippen LogP contribution in [0.5, 0.6) is 0 Å². The van der Waals surface area contributed by atoms with Gasteiger partial charge in [-0.25, -0.2) is 9.37 Å². The van der Waals surface area contributed by atoms with Crippen LogP contribution in [0.3, 0.4) is 0 Å². The molecule has 0 radical (unpaired) electrons. The molecule has 0 aliphatic heterocycles. The molecule has 0 aliphatic rings. The van der Waals surface area contributed by atoms with Crippen LogP contribution in [0, 0.1) is 5.82 Å². The molecule has 0 saturated heterocycles. The fraction of sp³-hybridized carbons (Fsp3) is 0.222. The van der Waals surface area contributed by atoms with Crippen molar-refractivity contribution < 1.29 is 13.5 Å². The van der Waals surface area contributed by atoms with Crippen molar-refractivity contribution in [1.82, 2.24) is 4.98 Å². The normalized spacial score (nSPS) is 11.0. The zero-order chi connectivity index (χ0) is 10.1. The molecule has 0 saturated carbocycles. The Hall–Kier alpha value is -1.62. The van der Waals surface area contributed by atoms with Gasteiger partial charge in [-0.1, -0.05) is 0 Å². The Balaban J connectivity index is 2.54. The number of aromatic nitrogens is 1. The lowest BCUT2D eigenvalue weighted by Gasteiger charge is -1.92. The number of rotatable bonds is 2. The Labute approximate surface area is 79.5 Å². The second kappa shape index (κ2) is 3.26. The van der Waals surface area contributed by atoms with Crippen molar-refractivity contribution in [3.63, 3.8) is 0 Å². The van der Waals surface area contributed by atoms with Gasteiger partial charge in [-0.15, -0.1) is 0 Å². The van der Waals surface area contributed by atoms with Crippen LogP contribution >= 0.6 is 0 Å². The number of nitrogens with two attached hydrogens (primary N) is 1. The molecule has 0 spiro atoms. The molecule has 4 nitrogen and oxygen atoms in total. The molecule has 1 aromatic heterocycles. The third-order valence-corrected chi connectivity index (χ3v) is 1.82. The summed E-state index contributed by atoms with van der Waals surface area (Å²) in [4.78, 5) is 4.02. The summed E-state index contributed by atoms with van der Waals surface area (Å²) in [5, 5.41) is 0. The largest absolute Gasteiger partial charge is 0.438 e. The number of halogens is 1. The van der Waals surface area contributed by atoms with Crippen LogP contribution in [0.15, 0.2) is 16.5 Å². The van der Waals surface area contributed by atoms with E-state index in [1.807, 2.05) is 0 Å². The first-order valence-corrected chi connectivity index (χ1v) is 4.04. The Morgan fingerprint density at radius 2 is 2.36 bits per heavy atom. The first kappa shape index (κ1) is 8.96. The lowest BCUT2D eigenvalue weighted by Crippen LogP contribution is -1.89. The number of fused-ring (bicyclic) bond motifs is 1. The van der Waals surface area contributed by atoms with E-state index in [0.29, 0.717) is 17.0 Å². The van der Waals surface area contributed by atoms with Gasteiger partial charge >= 0.3 is 0 Å². The number of ether oxygens (including phenoxy) is 1. The molecule has 1 aromatic carbocycles. The van der Waals surface area contributed by atoms with Crippen LogP contribution in [-0.4, -0.2) is 12.1 Å². The monoisotopic (exact) mass is 196 g/mol. The van der Waals surface area contributed by atoms with E-state index in [9.17, 15) is 4.39 Å². The van der Waals surface area contributed by atoms with Crippen molar-refractivity contribution in [2.45, 2.75) is 6.61 Å². The molecule has 14 heavy (non-hydrogen) atoms. The highest BCUT2D eigenvalue weighted by Crippen LogP contribution is 2.21. The molecule has 5 heteroatoms. The maximum absolute atomic E-state index is 13.0. The number of nitrogens with zero attached hydrogens (tertiary/aromatic N) is 1. The molecule has 0 aliphatic carbocycles. The topological polar surface area (TPSA) is 61.3 Å². The second-order valence-corrected chi connectivity index (χ2v) is 2.88. The Morgan fingerprint density at radius 1 is 1.57 bits per heavy atom. The van der Waals surface area contributed by atoms with E-state index in [-0.39, 0.29) is 12.3 Å². The molecule has 0 amide bonds. The van der Waals surface area contributed by atoms with E-state index < -0.39 is 5.82 Å². The number of benzene rings is 1. The van der Waals surface area contributed by atoms with Gasteiger partial charge in [0.1, 0.15) is 17.9 Å². The van der Waals surface area contributed by atoms with Crippen molar-refractivity contribution >= 4 is 16.8 Å². The number of hydrogen-bond donors (Lipinski definition) is 1. The summed E-state index contributed by atoms with van der Waals surface area (Å²) in [6, 6.07) is 2.66. The van der Waals surface area contributed by atoms with Crippen LogP contribution in [-0.2, 0) is 11.3 Å². The molecule has 0 fully saturated rings. The van der Waals surface area contributed by atoms with Gasteiger partial charge in [-0.3, -0.25) is 0 Å². The second-order valence-electron chi connectivity index (χ2n) is 2.88. The van der Waals surface area contributed by atoms with Gasteiger partial charge in [0.15, 0.2) is 5.58 Å². The van der Waals surface area contributed by atoms with Crippen LogP contribution in [0.25, 0.3) is 11.1 Å². The van der Waals surface area contributed by atoms with Gasteiger partial charge in [0.2, 0.25) is 5.89 Å². The minimum absolute atomic E-state index is 0.0533. The van der Waals surface area contributed by atoms with Gasteiger partial charge in [0, 0.05) is 19.2 Å². The van der Waals surface area contributed by atoms with Gasteiger partial charge in [-0.2, -0.15) is 0 Å². The maximum Gasteiger partial charge on any atom is 0.221 e. The van der Waals surface area contributed by atoms with Crippen LogP contribution in [0.1, 0.15) is 5.89 Å². The maximum atomic E-state index is 13.0. The first-order valence-electron chi connectivity index (χ1n) is 4.04. The average molecular weight is 196 g/mol. The van der Waals surface area contributed by atoms with Gasteiger partial charge in [0.05, 0.1) is 5.69 Å². The quantitative estimate of drug-likeness (QED) is 0.742. The molecule has 2 N–H and O–H groups in total. The number of anilines is 1. The lowest BCUT2D eigenvalue weighted by atomic mass is 10.3. The standard InChI is InChI=1S/C9H9FN2O2/c1-13-4-9-12-7-2-5(10)6(11)3-8(7)14-9/h2-3H,4,11H2,1H3. The van der Waals surface area contributed by atoms with Crippen molar-refractivity contribution in [2.24, 2.45) is 0 Å². The van der Waals surface area contributed by atoms with E-state index in [4.69, 9.17) is 14.9 Å². The molecule has 0 bridgehead atoms. The van der Waals surface area contributed by atoms with Crippen molar-refractivity contribution in [3.8, 4) is 0 Å². The predicted molar refractivity (Wildman–Crippen MR) is 49.1 cm³/mol. The van der Waals surface area contributed by atoms with E-state index in [2.05, 4.69) is 4.98 Å². The van der Waals surface area contributed by atoms with E-state index in [1.165, 1.54) is 19.2 Å². The summed E-state index contributed by atoms with van der Waals surface area (Å²) >= 11 is 0. The zero-order valence-electron chi connectivity index (χ0n) is 7.58. The minimum atomic E-state index is -0.491. The van der Waals surface area contributed by atoms with Gasteiger partial charge in [0.25, 0.3) is 0 Å². The third kappa shape index (κ3) is 1.42. The van der Waals surface area contributed by atoms with E-state index in [0.717, 1.165) is 0 Å². The number of nitrogen functional groups attached to an aromatic ring is 1. The highest BCUT2D eigenvalue weighted by Gasteiger charge is 2.08. The molecule has 2 rings (SSSR count). The lowest BCUT2D eigenvalue weighted by molar-refractivity contribution is 0.161. The highest BCUT2D eigenvalue weighted by molar-refractivity contribution is 5.76. The SMILES string of the molecule is COCc1nc2cc(F)c(N)cc2o1. The number of hydrogen-bond acceptors (Lipinski definition) is 4. The van der Waals surface area contributed by atoms with E-state index >= 15 is 0 Å². The smallest absolute Gasteiger partial charge is 0.221 e. The average Bonchev–Trinajstić information content (AvgIpc) is 2.48. The molecular formula is C9H9FN2O2. The summed E-state index contributed by atoms with van der Waals surface area (Å²) in [6.45, 7) is 0.260. The minimum Gasteiger partial charge on any atom is -0.438 e. The summed E-state index contributed by atoms with van der Waals surface area (Å²) in [5.41, 5.74) is 6.34. The third-order valence-electron chi connectivity index (χ3n) is 1.82. The van der Waals surface area contributed by atoms with Crippen LogP contribution in [0.2, 0.25) is 0 Å². The van der Waals surface area contributed by atoms with Crippen molar-refractivity contribution in [1.29, 1.82) is 0 Å². The van der Waals surface area contributed by atoms with Crippen molar-refractivity contribution in [3.05, 3.63) is 23.8 Å². The predicted octanol–water partition coefficient (Wildman–Crippen LogP) is 1.70. The van der Waals surface area contributed by atoms with Crippen LogP contribution < -0.4 is 5.73 Å². The molecular weight excluding hydrogens is 187 g/mol. The van der Waals surface area contributed by atoms with Gasteiger partial charge < -0.3 is 14.9 Å².